The molecule has 1 atom stereocenters. The Morgan fingerprint density at radius 1 is 1.13 bits per heavy atom. The molecule has 2 N–H and O–H groups in total. The number of aryl methyl sites for hydroxylation is 2. The molecule has 0 aromatic heterocycles. The fourth-order valence-corrected chi connectivity index (χ4v) is 2.46. The second kappa shape index (κ2) is 8.34. The highest BCUT2D eigenvalue weighted by molar-refractivity contribution is 5.68. The number of benzene rings is 1. The lowest BCUT2D eigenvalue weighted by Gasteiger charge is -2.26. The monoisotopic (exact) mass is 320 g/mol. The van der Waals surface area contributed by atoms with E-state index in [-0.39, 0.29) is 12.1 Å². The summed E-state index contributed by atoms with van der Waals surface area (Å²) in [5.74, 6) is 0.328. The summed E-state index contributed by atoms with van der Waals surface area (Å²) in [5.41, 5.74) is 3.34. The van der Waals surface area contributed by atoms with Crippen LogP contribution < -0.4 is 10.6 Å². The zero-order chi connectivity index (χ0) is 17.6. The first-order valence-electron chi connectivity index (χ1n) is 8.34. The lowest BCUT2D eigenvalue weighted by atomic mass is 10.0. The van der Waals surface area contributed by atoms with Gasteiger partial charge in [0.1, 0.15) is 5.60 Å². The topological polar surface area (TPSA) is 50.4 Å². The maximum Gasteiger partial charge on any atom is 0.407 e. The normalized spacial score (nSPS) is 13.0. The number of hydrogen-bond donors (Lipinski definition) is 2. The molecule has 0 fully saturated rings. The highest BCUT2D eigenvalue weighted by atomic mass is 16.6. The molecule has 0 radical (unpaired) electrons. The average Bonchev–Trinajstić information content (AvgIpc) is 2.33. The Labute approximate surface area is 141 Å². The summed E-state index contributed by atoms with van der Waals surface area (Å²) in [6, 6.07) is 6.58. The number of amides is 1. The summed E-state index contributed by atoms with van der Waals surface area (Å²) in [4.78, 5) is 11.9. The molecule has 0 heterocycles. The van der Waals surface area contributed by atoms with Crippen molar-refractivity contribution in [2.24, 2.45) is 5.92 Å². The third-order valence-electron chi connectivity index (χ3n) is 3.48. The van der Waals surface area contributed by atoms with Crippen molar-refractivity contribution in [3.63, 3.8) is 0 Å². The first-order chi connectivity index (χ1) is 10.6. The van der Waals surface area contributed by atoms with E-state index >= 15 is 0 Å². The number of nitrogens with one attached hydrogen (secondary N) is 2. The minimum atomic E-state index is -0.474. The molecule has 4 heteroatoms. The Bertz CT molecular complexity index is 498. The van der Waals surface area contributed by atoms with Crippen molar-refractivity contribution in [1.82, 2.24) is 10.6 Å². The maximum atomic E-state index is 11.9. The zero-order valence-corrected chi connectivity index (χ0v) is 15.6. The van der Waals surface area contributed by atoms with E-state index < -0.39 is 5.60 Å². The molecule has 1 aromatic carbocycles. The molecule has 130 valence electrons. The van der Waals surface area contributed by atoms with E-state index in [9.17, 15) is 4.79 Å². The first-order valence-corrected chi connectivity index (χ1v) is 8.34. The number of alkyl carbamates (subject to hydrolysis) is 1. The summed E-state index contributed by atoms with van der Waals surface area (Å²) in [7, 11) is 0. The van der Waals surface area contributed by atoms with E-state index in [2.05, 4.69) is 56.5 Å². The lowest BCUT2D eigenvalue weighted by molar-refractivity contribution is 0.0490. The van der Waals surface area contributed by atoms with E-state index in [0.717, 1.165) is 6.54 Å². The summed E-state index contributed by atoms with van der Waals surface area (Å²) in [6.45, 7) is 15.5. The number of rotatable bonds is 6. The van der Waals surface area contributed by atoms with Crippen molar-refractivity contribution in [2.75, 3.05) is 6.54 Å². The van der Waals surface area contributed by atoms with Crippen LogP contribution in [-0.2, 0) is 11.3 Å². The predicted octanol–water partition coefficient (Wildman–Crippen LogP) is 3.94. The lowest BCUT2D eigenvalue weighted by Crippen LogP contribution is -2.46. The van der Waals surface area contributed by atoms with Gasteiger partial charge in [-0.15, -0.1) is 0 Å². The largest absolute Gasteiger partial charge is 0.444 e. The van der Waals surface area contributed by atoms with Crippen LogP contribution in [0.5, 0.6) is 0 Å². The van der Waals surface area contributed by atoms with Gasteiger partial charge in [0.15, 0.2) is 0 Å². The molecule has 1 aromatic rings. The van der Waals surface area contributed by atoms with Gasteiger partial charge in [-0.25, -0.2) is 4.79 Å². The SMILES string of the molecule is Cc1cc(C)cc(CNCC(NC(=O)OC(C)(C)C)C(C)C)c1. The second-order valence-electron chi connectivity index (χ2n) is 7.62. The van der Waals surface area contributed by atoms with E-state index in [1.54, 1.807) is 0 Å². The average molecular weight is 320 g/mol. The minimum absolute atomic E-state index is 0.0377. The Morgan fingerprint density at radius 3 is 2.17 bits per heavy atom. The molecule has 1 unspecified atom stereocenters. The van der Waals surface area contributed by atoms with Crippen LogP contribution in [0, 0.1) is 19.8 Å². The smallest absolute Gasteiger partial charge is 0.407 e. The maximum absolute atomic E-state index is 11.9. The fraction of sp³-hybridized carbons (Fsp3) is 0.632. The van der Waals surface area contributed by atoms with E-state index in [1.807, 2.05) is 20.8 Å². The van der Waals surface area contributed by atoms with Crippen LogP contribution in [0.15, 0.2) is 18.2 Å². The van der Waals surface area contributed by atoms with Crippen molar-refractivity contribution in [3.05, 3.63) is 34.9 Å². The molecule has 0 spiro atoms. The Hall–Kier alpha value is -1.55. The number of ether oxygens (including phenoxy) is 1. The van der Waals surface area contributed by atoms with Crippen LogP contribution in [0.2, 0.25) is 0 Å². The molecule has 23 heavy (non-hydrogen) atoms. The zero-order valence-electron chi connectivity index (χ0n) is 15.6. The van der Waals surface area contributed by atoms with Crippen LogP contribution in [-0.4, -0.2) is 24.3 Å². The predicted molar refractivity (Wildman–Crippen MR) is 95.6 cm³/mol. The molecule has 0 saturated carbocycles. The Morgan fingerprint density at radius 2 is 1.70 bits per heavy atom. The van der Waals surface area contributed by atoms with Gasteiger partial charge < -0.3 is 15.4 Å². The van der Waals surface area contributed by atoms with Gasteiger partial charge in [-0.2, -0.15) is 0 Å². The van der Waals surface area contributed by atoms with Crippen LogP contribution in [0.25, 0.3) is 0 Å². The number of carbonyl (C=O) groups is 1. The van der Waals surface area contributed by atoms with Gasteiger partial charge in [-0.1, -0.05) is 43.2 Å². The van der Waals surface area contributed by atoms with Crippen molar-refractivity contribution in [2.45, 2.75) is 66.7 Å². The standard InChI is InChI=1S/C19H32N2O2/c1-13(2)17(21-18(22)23-19(5,6)7)12-20-11-16-9-14(3)8-15(4)10-16/h8-10,13,17,20H,11-12H2,1-7H3,(H,21,22). The summed E-state index contributed by atoms with van der Waals surface area (Å²) in [5, 5.41) is 6.39. The van der Waals surface area contributed by atoms with Gasteiger partial charge in [0.2, 0.25) is 0 Å². The molecule has 0 aliphatic heterocycles. The summed E-state index contributed by atoms with van der Waals surface area (Å²) < 4.78 is 5.34. The summed E-state index contributed by atoms with van der Waals surface area (Å²) in [6.07, 6.45) is -0.357. The van der Waals surface area contributed by atoms with Crippen LogP contribution in [0.3, 0.4) is 0 Å². The van der Waals surface area contributed by atoms with Gasteiger partial charge in [0.25, 0.3) is 0 Å². The Balaban J connectivity index is 2.52. The van der Waals surface area contributed by atoms with E-state index in [4.69, 9.17) is 4.74 Å². The third-order valence-corrected chi connectivity index (χ3v) is 3.48. The first kappa shape index (κ1) is 19.5. The van der Waals surface area contributed by atoms with Crippen molar-refractivity contribution >= 4 is 6.09 Å². The molecule has 0 saturated heterocycles. The van der Waals surface area contributed by atoms with E-state index in [1.165, 1.54) is 16.7 Å². The highest BCUT2D eigenvalue weighted by Gasteiger charge is 2.21. The molecule has 0 bridgehead atoms. The Kier molecular flexibility index (Phi) is 7.07. The fourth-order valence-electron chi connectivity index (χ4n) is 2.46. The quantitative estimate of drug-likeness (QED) is 0.834. The van der Waals surface area contributed by atoms with Gasteiger partial charge in [-0.3, -0.25) is 0 Å². The van der Waals surface area contributed by atoms with Gasteiger partial charge in [0, 0.05) is 19.1 Å². The van der Waals surface area contributed by atoms with Crippen LogP contribution >= 0.6 is 0 Å². The molecule has 0 aliphatic rings. The van der Waals surface area contributed by atoms with Crippen molar-refractivity contribution < 1.29 is 9.53 Å². The van der Waals surface area contributed by atoms with Gasteiger partial charge in [0.05, 0.1) is 0 Å². The molecule has 1 rings (SSSR count). The number of hydrogen-bond acceptors (Lipinski definition) is 3. The van der Waals surface area contributed by atoms with Crippen LogP contribution in [0.1, 0.15) is 51.3 Å². The minimum Gasteiger partial charge on any atom is -0.444 e. The second-order valence-corrected chi connectivity index (χ2v) is 7.62. The third kappa shape index (κ3) is 8.03. The molecular weight excluding hydrogens is 288 g/mol. The van der Waals surface area contributed by atoms with Crippen molar-refractivity contribution in [1.29, 1.82) is 0 Å². The number of carbonyl (C=O) groups excluding carboxylic acids is 1. The van der Waals surface area contributed by atoms with Crippen molar-refractivity contribution in [3.8, 4) is 0 Å². The van der Waals surface area contributed by atoms with Gasteiger partial charge in [-0.05, 0) is 46.1 Å². The molecule has 4 nitrogen and oxygen atoms in total. The molecular formula is C19H32N2O2. The van der Waals surface area contributed by atoms with E-state index in [0.29, 0.717) is 12.5 Å². The van der Waals surface area contributed by atoms with Gasteiger partial charge >= 0.3 is 6.09 Å². The summed E-state index contributed by atoms with van der Waals surface area (Å²) >= 11 is 0. The molecule has 0 aliphatic carbocycles. The highest BCUT2D eigenvalue weighted by Crippen LogP contribution is 2.10. The molecule has 1 amide bonds. The van der Waals surface area contributed by atoms with Crippen LogP contribution in [0.4, 0.5) is 4.79 Å².